The van der Waals surface area contributed by atoms with Crippen LogP contribution in [0.3, 0.4) is 0 Å². The second-order valence-corrected chi connectivity index (χ2v) is 9.55. The number of benzene rings is 1. The first-order chi connectivity index (χ1) is 14.1. The fourth-order valence-electron chi connectivity index (χ4n) is 5.29. The van der Waals surface area contributed by atoms with Crippen molar-refractivity contribution in [2.75, 3.05) is 0 Å². The number of carbonyl (C=O) groups excluding carboxylic acids is 2. The zero-order chi connectivity index (χ0) is 21.8. The van der Waals surface area contributed by atoms with Crippen LogP contribution in [0.15, 0.2) is 12.1 Å². The summed E-state index contributed by atoms with van der Waals surface area (Å²) < 4.78 is 42.2. The number of rotatable bonds is 5. The Kier molecular flexibility index (Phi) is 5.73. The fourth-order valence-corrected chi connectivity index (χ4v) is 5.72. The molecule has 9 heteroatoms. The number of carbonyl (C=O) groups is 2. The van der Waals surface area contributed by atoms with E-state index in [2.05, 4.69) is 10.6 Å². The van der Waals surface area contributed by atoms with Crippen molar-refractivity contribution in [3.63, 3.8) is 0 Å². The highest BCUT2D eigenvalue weighted by molar-refractivity contribution is 6.42. The minimum atomic E-state index is -2.67. The SMILES string of the molecule is CC(=O)NC1CC[C@@H](C(=O)N[C@@H](c2c(F)ccc(Cl)c2Cl)C2C[C@@H]3[C@H](C2)C3(F)F)C1. The van der Waals surface area contributed by atoms with E-state index in [9.17, 15) is 22.8 Å². The van der Waals surface area contributed by atoms with Gasteiger partial charge in [0.2, 0.25) is 11.8 Å². The van der Waals surface area contributed by atoms with Crippen LogP contribution in [-0.4, -0.2) is 23.8 Å². The molecular formula is C21H23Cl2F3N2O2. The lowest BCUT2D eigenvalue weighted by Gasteiger charge is -2.29. The van der Waals surface area contributed by atoms with Crippen LogP contribution in [0.25, 0.3) is 0 Å². The first-order valence-corrected chi connectivity index (χ1v) is 10.9. The molecule has 2 unspecified atom stereocenters. The predicted molar refractivity (Wildman–Crippen MR) is 107 cm³/mol. The van der Waals surface area contributed by atoms with E-state index in [0.717, 1.165) is 0 Å². The van der Waals surface area contributed by atoms with Gasteiger partial charge in [-0.25, -0.2) is 13.2 Å². The molecule has 2 amide bonds. The summed E-state index contributed by atoms with van der Waals surface area (Å²) in [5, 5.41) is 5.84. The van der Waals surface area contributed by atoms with Crippen LogP contribution in [0.2, 0.25) is 10.0 Å². The number of halogens is 5. The van der Waals surface area contributed by atoms with Crippen molar-refractivity contribution in [2.45, 2.75) is 57.0 Å². The molecule has 164 valence electrons. The number of nitrogens with one attached hydrogen (secondary N) is 2. The molecule has 0 saturated heterocycles. The quantitative estimate of drug-likeness (QED) is 0.612. The van der Waals surface area contributed by atoms with E-state index in [0.29, 0.717) is 19.3 Å². The molecule has 0 heterocycles. The molecule has 1 aromatic carbocycles. The van der Waals surface area contributed by atoms with Gasteiger partial charge in [-0.15, -0.1) is 0 Å². The largest absolute Gasteiger partial charge is 0.354 e. The summed E-state index contributed by atoms with van der Waals surface area (Å²) in [5.41, 5.74) is 0.0588. The summed E-state index contributed by atoms with van der Waals surface area (Å²) in [4.78, 5) is 24.2. The number of alkyl halides is 2. The minimum absolute atomic E-state index is 0.00292. The van der Waals surface area contributed by atoms with Crippen molar-refractivity contribution >= 4 is 35.0 Å². The Morgan fingerprint density at radius 1 is 1.13 bits per heavy atom. The third kappa shape index (κ3) is 3.91. The summed E-state index contributed by atoms with van der Waals surface area (Å²) in [6, 6.07) is 1.60. The highest BCUT2D eigenvalue weighted by Crippen LogP contribution is 2.67. The van der Waals surface area contributed by atoms with E-state index >= 15 is 0 Å². The Morgan fingerprint density at radius 2 is 1.80 bits per heavy atom. The molecule has 3 fully saturated rings. The molecule has 3 saturated carbocycles. The molecule has 0 radical (unpaired) electrons. The maximum atomic E-state index is 14.7. The van der Waals surface area contributed by atoms with E-state index in [1.165, 1.54) is 19.1 Å². The Labute approximate surface area is 182 Å². The highest BCUT2D eigenvalue weighted by Gasteiger charge is 2.72. The van der Waals surface area contributed by atoms with Gasteiger partial charge in [-0.05, 0) is 50.2 Å². The van der Waals surface area contributed by atoms with Crippen molar-refractivity contribution in [1.82, 2.24) is 10.6 Å². The summed E-state index contributed by atoms with van der Waals surface area (Å²) in [7, 11) is 0. The summed E-state index contributed by atoms with van der Waals surface area (Å²) in [6.45, 7) is 1.43. The Morgan fingerprint density at radius 3 is 2.43 bits per heavy atom. The van der Waals surface area contributed by atoms with Gasteiger partial charge in [0.25, 0.3) is 5.92 Å². The predicted octanol–water partition coefficient (Wildman–Crippen LogP) is 4.89. The van der Waals surface area contributed by atoms with Gasteiger partial charge in [0, 0.05) is 36.3 Å². The van der Waals surface area contributed by atoms with Gasteiger partial charge in [0.1, 0.15) is 5.82 Å². The van der Waals surface area contributed by atoms with Gasteiger partial charge in [0.15, 0.2) is 0 Å². The van der Waals surface area contributed by atoms with E-state index in [-0.39, 0.29) is 58.1 Å². The van der Waals surface area contributed by atoms with Crippen molar-refractivity contribution in [3.8, 4) is 0 Å². The molecule has 0 bridgehead atoms. The average molecular weight is 463 g/mol. The van der Waals surface area contributed by atoms with E-state index in [4.69, 9.17) is 23.2 Å². The van der Waals surface area contributed by atoms with Crippen LogP contribution in [0.5, 0.6) is 0 Å². The van der Waals surface area contributed by atoms with Gasteiger partial charge in [-0.1, -0.05) is 23.2 Å². The maximum Gasteiger partial charge on any atom is 0.254 e. The third-order valence-corrected chi connectivity index (χ3v) is 7.67. The number of amides is 2. The van der Waals surface area contributed by atoms with Gasteiger partial charge in [-0.3, -0.25) is 9.59 Å². The normalized spacial score (nSPS) is 32.4. The van der Waals surface area contributed by atoms with Crippen LogP contribution in [0, 0.1) is 29.5 Å². The lowest BCUT2D eigenvalue weighted by molar-refractivity contribution is -0.126. The van der Waals surface area contributed by atoms with E-state index in [1.807, 2.05) is 0 Å². The van der Waals surface area contributed by atoms with Crippen LogP contribution in [-0.2, 0) is 9.59 Å². The topological polar surface area (TPSA) is 58.2 Å². The maximum absolute atomic E-state index is 14.7. The molecule has 4 nitrogen and oxygen atoms in total. The number of fused-ring (bicyclic) bond motifs is 1. The molecule has 2 N–H and O–H groups in total. The van der Waals surface area contributed by atoms with Crippen molar-refractivity contribution < 1.29 is 22.8 Å². The third-order valence-electron chi connectivity index (χ3n) is 6.85. The van der Waals surface area contributed by atoms with Crippen LogP contribution < -0.4 is 10.6 Å². The standard InChI is InChI=1S/C21H23Cl2F3N2O2/c1-9(29)27-12-3-2-10(6-12)20(30)28-19(11-7-13-14(8-11)21(13,25)26)17-16(24)5-4-15(22)18(17)23/h4-5,10-14,19H,2-3,6-8H2,1H3,(H,27,29)(H,28,30)/t10-,11?,12?,13-,14+,19-/m1/s1. The van der Waals surface area contributed by atoms with Crippen LogP contribution >= 0.6 is 23.2 Å². The number of hydrogen-bond acceptors (Lipinski definition) is 2. The van der Waals surface area contributed by atoms with Crippen molar-refractivity contribution in [1.29, 1.82) is 0 Å². The second-order valence-electron chi connectivity index (χ2n) is 8.77. The van der Waals surface area contributed by atoms with Gasteiger partial charge < -0.3 is 10.6 Å². The average Bonchev–Trinajstić information content (AvgIpc) is 3.12. The summed E-state index contributed by atoms with van der Waals surface area (Å²) in [6.07, 6.45) is 2.14. The molecule has 0 aliphatic heterocycles. The van der Waals surface area contributed by atoms with E-state index < -0.39 is 29.6 Å². The first-order valence-electron chi connectivity index (χ1n) is 10.2. The molecule has 0 spiro atoms. The monoisotopic (exact) mass is 462 g/mol. The molecule has 3 aliphatic carbocycles. The van der Waals surface area contributed by atoms with Gasteiger partial charge in [-0.2, -0.15) is 0 Å². The Hall–Kier alpha value is -1.47. The summed E-state index contributed by atoms with van der Waals surface area (Å²) >= 11 is 12.4. The van der Waals surface area contributed by atoms with Gasteiger partial charge in [0.05, 0.1) is 16.1 Å². The first kappa shape index (κ1) is 21.8. The Balaban J connectivity index is 1.54. The molecule has 30 heavy (non-hydrogen) atoms. The molecule has 6 atom stereocenters. The van der Waals surface area contributed by atoms with Crippen molar-refractivity contribution in [3.05, 3.63) is 33.6 Å². The lowest BCUT2D eigenvalue weighted by Crippen LogP contribution is -2.38. The van der Waals surface area contributed by atoms with E-state index in [1.54, 1.807) is 0 Å². The summed E-state index contributed by atoms with van der Waals surface area (Å²) in [5.74, 6) is -5.86. The zero-order valence-corrected chi connectivity index (χ0v) is 17.9. The van der Waals surface area contributed by atoms with Crippen LogP contribution in [0.1, 0.15) is 50.6 Å². The fraction of sp³-hybridized carbons (Fsp3) is 0.619. The van der Waals surface area contributed by atoms with Crippen molar-refractivity contribution in [2.24, 2.45) is 23.7 Å². The lowest BCUT2D eigenvalue weighted by atomic mass is 9.87. The molecule has 4 rings (SSSR count). The van der Waals surface area contributed by atoms with Crippen LogP contribution in [0.4, 0.5) is 13.2 Å². The minimum Gasteiger partial charge on any atom is -0.354 e. The highest BCUT2D eigenvalue weighted by atomic mass is 35.5. The number of hydrogen-bond donors (Lipinski definition) is 2. The molecule has 0 aromatic heterocycles. The van der Waals surface area contributed by atoms with Gasteiger partial charge >= 0.3 is 0 Å². The molecular weight excluding hydrogens is 440 g/mol. The molecule has 3 aliphatic rings. The Bertz CT molecular complexity index is 868. The second kappa shape index (κ2) is 7.90. The zero-order valence-electron chi connectivity index (χ0n) is 16.4. The smallest absolute Gasteiger partial charge is 0.254 e. The molecule has 1 aromatic rings.